The summed E-state index contributed by atoms with van der Waals surface area (Å²) in [5, 5.41) is 5.94. The lowest BCUT2D eigenvalue weighted by atomic mass is 10.2. The number of nitrogens with one attached hydrogen (secondary N) is 1. The number of sulfonamides is 1. The Bertz CT molecular complexity index is 1050. The number of benzene rings is 1. The number of hydrogen-bond acceptors (Lipinski definition) is 5. The summed E-state index contributed by atoms with van der Waals surface area (Å²) in [5.41, 5.74) is 4.17. The fourth-order valence-electron chi connectivity index (χ4n) is 2.48. The van der Waals surface area contributed by atoms with Gasteiger partial charge in [0.15, 0.2) is 4.96 Å². The third-order valence-corrected chi connectivity index (χ3v) is 6.05. The molecular weight excluding hydrogens is 344 g/mol. The number of imidazole rings is 1. The molecule has 0 radical (unpaired) electrons. The molecule has 0 aliphatic heterocycles. The largest absolute Gasteiger partial charge is 0.286 e. The molecule has 0 bridgehead atoms. The van der Waals surface area contributed by atoms with E-state index >= 15 is 0 Å². The van der Waals surface area contributed by atoms with Crippen molar-refractivity contribution in [3.05, 3.63) is 51.8 Å². The molecule has 1 aromatic carbocycles. The van der Waals surface area contributed by atoms with Crippen molar-refractivity contribution >= 4 is 32.5 Å². The molecule has 126 valence electrons. The maximum Gasteiger partial charge on any atom is 0.276 e. The second-order valence-electron chi connectivity index (χ2n) is 5.70. The molecule has 0 spiro atoms. The van der Waals surface area contributed by atoms with Crippen LogP contribution >= 0.6 is 11.3 Å². The van der Waals surface area contributed by atoms with Crippen LogP contribution in [0.25, 0.3) is 4.96 Å². The Labute approximate surface area is 144 Å². The highest BCUT2D eigenvalue weighted by atomic mass is 32.2. The third kappa shape index (κ3) is 2.94. The first-order chi connectivity index (χ1) is 11.3. The van der Waals surface area contributed by atoms with Gasteiger partial charge in [0, 0.05) is 11.1 Å². The highest BCUT2D eigenvalue weighted by molar-refractivity contribution is 7.89. The molecule has 24 heavy (non-hydrogen) atoms. The summed E-state index contributed by atoms with van der Waals surface area (Å²) in [6.07, 6.45) is 1.50. The van der Waals surface area contributed by atoms with Gasteiger partial charge in [-0.25, -0.2) is 4.98 Å². The molecule has 0 aliphatic carbocycles. The molecular formula is C16H18N4O2S2. The summed E-state index contributed by atoms with van der Waals surface area (Å²) >= 11 is 1.54. The van der Waals surface area contributed by atoms with E-state index in [0.29, 0.717) is 5.56 Å². The van der Waals surface area contributed by atoms with Crippen LogP contribution in [0.15, 0.2) is 33.6 Å². The number of thiazole rings is 1. The van der Waals surface area contributed by atoms with Crippen LogP contribution in [0.5, 0.6) is 0 Å². The van der Waals surface area contributed by atoms with Crippen LogP contribution in [0.1, 0.15) is 28.2 Å². The first-order valence-corrected chi connectivity index (χ1v) is 9.71. The third-order valence-electron chi connectivity index (χ3n) is 3.75. The Morgan fingerprint density at radius 2 is 2.00 bits per heavy atom. The lowest BCUT2D eigenvalue weighted by Crippen LogP contribution is -2.19. The van der Waals surface area contributed by atoms with Crippen LogP contribution in [0.3, 0.4) is 0 Å². The van der Waals surface area contributed by atoms with Crippen LogP contribution in [-0.4, -0.2) is 24.0 Å². The van der Waals surface area contributed by atoms with Gasteiger partial charge in [0.25, 0.3) is 10.0 Å². The summed E-state index contributed by atoms with van der Waals surface area (Å²) < 4.78 is 26.9. The van der Waals surface area contributed by atoms with Gasteiger partial charge in [-0.3, -0.25) is 4.40 Å². The molecule has 2 heterocycles. The van der Waals surface area contributed by atoms with Gasteiger partial charge >= 0.3 is 0 Å². The molecule has 3 aromatic rings. The van der Waals surface area contributed by atoms with Gasteiger partial charge in [-0.1, -0.05) is 12.1 Å². The summed E-state index contributed by atoms with van der Waals surface area (Å²) in [4.78, 5) is 7.84. The van der Waals surface area contributed by atoms with E-state index in [1.54, 1.807) is 19.1 Å². The van der Waals surface area contributed by atoms with E-state index in [1.807, 2.05) is 36.6 Å². The summed E-state index contributed by atoms with van der Waals surface area (Å²) in [7, 11) is -3.70. The second-order valence-corrected chi connectivity index (χ2v) is 8.17. The van der Waals surface area contributed by atoms with Crippen LogP contribution in [0, 0.1) is 27.7 Å². The smallest absolute Gasteiger partial charge is 0.276 e. The Morgan fingerprint density at radius 3 is 2.75 bits per heavy atom. The molecule has 3 rings (SSSR count). The molecule has 6 nitrogen and oxygen atoms in total. The standard InChI is InChI=1S/C16H18N4O2S2/c1-10-5-6-11(2)15(7-10)24(21,22)19-17-8-14-13(4)18-16-20(14)12(3)9-23-16/h5-9,19H,1-4H3/b17-8+. The highest BCUT2D eigenvalue weighted by Gasteiger charge is 2.16. The van der Waals surface area contributed by atoms with Crippen LogP contribution in [-0.2, 0) is 10.0 Å². The molecule has 1 N–H and O–H groups in total. The van der Waals surface area contributed by atoms with Crippen LogP contribution in [0.4, 0.5) is 0 Å². The number of hydrogen-bond donors (Lipinski definition) is 1. The fourth-order valence-corrected chi connectivity index (χ4v) is 4.52. The minimum Gasteiger partial charge on any atom is -0.286 e. The first-order valence-electron chi connectivity index (χ1n) is 7.35. The summed E-state index contributed by atoms with van der Waals surface area (Å²) in [5.74, 6) is 0. The maximum atomic E-state index is 12.5. The number of fused-ring (bicyclic) bond motifs is 1. The van der Waals surface area contributed by atoms with Crippen molar-refractivity contribution in [2.75, 3.05) is 0 Å². The van der Waals surface area contributed by atoms with Crippen LogP contribution < -0.4 is 4.83 Å². The van der Waals surface area contributed by atoms with E-state index in [4.69, 9.17) is 0 Å². The minimum absolute atomic E-state index is 0.238. The van der Waals surface area contributed by atoms with E-state index in [9.17, 15) is 8.42 Å². The zero-order valence-corrected chi connectivity index (χ0v) is 15.5. The number of rotatable bonds is 4. The number of aromatic nitrogens is 2. The maximum absolute atomic E-state index is 12.5. The predicted octanol–water partition coefficient (Wildman–Crippen LogP) is 2.94. The van der Waals surface area contributed by atoms with Crippen molar-refractivity contribution in [1.82, 2.24) is 14.2 Å². The zero-order chi connectivity index (χ0) is 17.5. The van der Waals surface area contributed by atoms with Crippen molar-refractivity contribution in [2.45, 2.75) is 32.6 Å². The fraction of sp³-hybridized carbons (Fsp3) is 0.250. The van der Waals surface area contributed by atoms with Gasteiger partial charge in [-0.15, -0.1) is 11.3 Å². The normalized spacial score (nSPS) is 12.3. The lowest BCUT2D eigenvalue weighted by molar-refractivity contribution is 0.584. The van der Waals surface area contributed by atoms with E-state index in [-0.39, 0.29) is 4.90 Å². The van der Waals surface area contributed by atoms with Gasteiger partial charge in [0.1, 0.15) is 0 Å². The van der Waals surface area contributed by atoms with Gasteiger partial charge < -0.3 is 0 Å². The second kappa shape index (κ2) is 6.03. The molecule has 8 heteroatoms. The van der Waals surface area contributed by atoms with Crippen molar-refractivity contribution in [3.8, 4) is 0 Å². The van der Waals surface area contributed by atoms with Crippen molar-refractivity contribution in [2.24, 2.45) is 5.10 Å². The van der Waals surface area contributed by atoms with E-state index in [1.165, 1.54) is 17.6 Å². The predicted molar refractivity (Wildman–Crippen MR) is 96.4 cm³/mol. The average molecular weight is 362 g/mol. The van der Waals surface area contributed by atoms with Gasteiger partial charge in [0.2, 0.25) is 0 Å². The van der Waals surface area contributed by atoms with E-state index < -0.39 is 10.0 Å². The number of nitrogens with zero attached hydrogens (tertiary/aromatic N) is 3. The van der Waals surface area contributed by atoms with Crippen molar-refractivity contribution < 1.29 is 8.42 Å². The van der Waals surface area contributed by atoms with Crippen molar-refractivity contribution in [3.63, 3.8) is 0 Å². The van der Waals surface area contributed by atoms with Gasteiger partial charge in [-0.05, 0) is 44.9 Å². The van der Waals surface area contributed by atoms with Crippen molar-refractivity contribution in [1.29, 1.82) is 0 Å². The summed E-state index contributed by atoms with van der Waals surface area (Å²) in [6.45, 7) is 7.46. The molecule has 0 amide bonds. The first kappa shape index (κ1) is 16.7. The summed E-state index contributed by atoms with van der Waals surface area (Å²) in [6, 6.07) is 5.30. The van der Waals surface area contributed by atoms with Crippen LogP contribution in [0.2, 0.25) is 0 Å². The molecule has 0 saturated heterocycles. The molecule has 0 unspecified atom stereocenters. The molecule has 0 fully saturated rings. The Balaban J connectivity index is 1.91. The minimum atomic E-state index is -3.70. The molecule has 2 aromatic heterocycles. The highest BCUT2D eigenvalue weighted by Crippen LogP contribution is 2.19. The Morgan fingerprint density at radius 1 is 1.25 bits per heavy atom. The quantitative estimate of drug-likeness (QED) is 0.573. The SMILES string of the molecule is Cc1ccc(C)c(S(=O)(=O)N/N=C/c2c(C)nc3scc(C)n23)c1. The van der Waals surface area contributed by atoms with E-state index in [2.05, 4.69) is 14.9 Å². The Kier molecular flexibility index (Phi) is 4.18. The zero-order valence-electron chi connectivity index (χ0n) is 13.9. The molecule has 0 aliphatic rings. The average Bonchev–Trinajstić information content (AvgIpc) is 3.02. The number of aryl methyl sites for hydroxylation is 4. The molecule has 0 atom stereocenters. The molecule has 0 saturated carbocycles. The number of hydrazone groups is 1. The Hall–Kier alpha value is -2.19. The monoisotopic (exact) mass is 362 g/mol. The topological polar surface area (TPSA) is 75.8 Å². The lowest BCUT2D eigenvalue weighted by Gasteiger charge is -2.07. The van der Waals surface area contributed by atoms with Gasteiger partial charge in [0.05, 0.1) is 22.5 Å². The van der Waals surface area contributed by atoms with Gasteiger partial charge in [-0.2, -0.15) is 18.4 Å². The van der Waals surface area contributed by atoms with E-state index in [0.717, 1.165) is 27.6 Å².